The van der Waals surface area contributed by atoms with Crippen LogP contribution in [0.5, 0.6) is 11.5 Å². The van der Waals surface area contributed by atoms with Crippen LogP contribution >= 0.6 is 11.6 Å². The maximum atomic E-state index is 14.1. The number of piperazine rings is 1. The third-order valence-corrected chi connectivity index (χ3v) is 8.41. The molecule has 0 unspecified atom stereocenters. The van der Waals surface area contributed by atoms with Crippen molar-refractivity contribution < 1.29 is 33.3 Å². The lowest BCUT2D eigenvalue weighted by Crippen LogP contribution is -2.61. The SMILES string of the molecule is CNC(=O)OCc1ccc(Cl)c(CN(C(=O)[C@H]2CNCC(=O)N2c2ccc(OCCCOCc3ccccc3OC)cc2)C2CC2)c1. The van der Waals surface area contributed by atoms with Gasteiger partial charge in [0.2, 0.25) is 11.8 Å². The average molecular weight is 665 g/mol. The molecule has 3 aromatic carbocycles. The van der Waals surface area contributed by atoms with Gasteiger partial charge in [0.25, 0.3) is 0 Å². The molecule has 2 N–H and O–H groups in total. The fourth-order valence-electron chi connectivity index (χ4n) is 5.45. The van der Waals surface area contributed by atoms with Crippen LogP contribution in [0.2, 0.25) is 5.02 Å². The van der Waals surface area contributed by atoms with Crippen molar-refractivity contribution in [2.75, 3.05) is 45.4 Å². The number of alkyl carbamates (subject to hydrolysis) is 1. The van der Waals surface area contributed by atoms with E-state index in [1.165, 1.54) is 7.05 Å². The molecule has 0 aromatic heterocycles. The molecule has 47 heavy (non-hydrogen) atoms. The Kier molecular flexibility index (Phi) is 11.9. The van der Waals surface area contributed by atoms with Crippen molar-refractivity contribution in [3.63, 3.8) is 0 Å². The standard InChI is InChI=1S/C35H41ClN4O7/c1-37-35(43)47-22-24-8-15-30(36)26(18-24)21-39(27-9-10-27)34(42)31-19-38-20-33(41)40(31)28-11-13-29(14-12-28)46-17-5-16-45-23-25-6-3-4-7-32(25)44-2/h3-4,6-8,11-15,18,27,31,38H,5,9-10,16-17,19-23H2,1-2H3,(H,37,43)/t31-/m1/s1. The Labute approximate surface area is 280 Å². The summed E-state index contributed by atoms with van der Waals surface area (Å²) in [7, 11) is 3.14. The molecule has 1 saturated heterocycles. The number of para-hydroxylation sites is 1. The minimum atomic E-state index is -0.720. The first-order valence-electron chi connectivity index (χ1n) is 15.8. The van der Waals surface area contributed by atoms with Crippen molar-refractivity contribution >= 4 is 35.2 Å². The second kappa shape index (κ2) is 16.5. The van der Waals surface area contributed by atoms with Crippen LogP contribution in [0.25, 0.3) is 0 Å². The van der Waals surface area contributed by atoms with Crippen LogP contribution in [0.4, 0.5) is 10.5 Å². The lowest BCUT2D eigenvalue weighted by atomic mass is 10.1. The molecule has 1 heterocycles. The largest absolute Gasteiger partial charge is 0.496 e. The highest BCUT2D eigenvalue weighted by Crippen LogP contribution is 2.33. The molecule has 0 radical (unpaired) electrons. The van der Waals surface area contributed by atoms with Crippen LogP contribution in [0.15, 0.2) is 66.7 Å². The zero-order chi connectivity index (χ0) is 33.2. The normalized spacial score (nSPS) is 16.0. The topological polar surface area (TPSA) is 119 Å². The van der Waals surface area contributed by atoms with Gasteiger partial charge in [-0.2, -0.15) is 0 Å². The minimum Gasteiger partial charge on any atom is -0.496 e. The Morgan fingerprint density at radius 2 is 1.81 bits per heavy atom. The maximum Gasteiger partial charge on any atom is 0.407 e. The van der Waals surface area contributed by atoms with E-state index in [2.05, 4.69) is 10.6 Å². The van der Waals surface area contributed by atoms with Crippen molar-refractivity contribution in [2.24, 2.45) is 0 Å². The number of methoxy groups -OCH3 is 1. The highest BCUT2D eigenvalue weighted by atomic mass is 35.5. The van der Waals surface area contributed by atoms with Gasteiger partial charge in [0.15, 0.2) is 0 Å². The van der Waals surface area contributed by atoms with E-state index >= 15 is 0 Å². The van der Waals surface area contributed by atoms with Gasteiger partial charge in [0.1, 0.15) is 24.1 Å². The molecule has 12 heteroatoms. The molecule has 250 valence electrons. The number of hydrogen-bond donors (Lipinski definition) is 2. The van der Waals surface area contributed by atoms with Gasteiger partial charge in [-0.05, 0) is 66.4 Å². The summed E-state index contributed by atoms with van der Waals surface area (Å²) in [6.45, 7) is 2.29. The number of rotatable bonds is 15. The summed E-state index contributed by atoms with van der Waals surface area (Å²) >= 11 is 6.55. The first-order valence-corrected chi connectivity index (χ1v) is 16.1. The van der Waals surface area contributed by atoms with Crippen LogP contribution in [0.3, 0.4) is 0 Å². The average Bonchev–Trinajstić information content (AvgIpc) is 3.94. The number of amides is 3. The molecule has 3 aromatic rings. The van der Waals surface area contributed by atoms with E-state index in [0.29, 0.717) is 49.2 Å². The Balaban J connectivity index is 1.18. The number of halogens is 1. The molecule has 1 atom stereocenters. The van der Waals surface area contributed by atoms with Crippen LogP contribution in [-0.4, -0.2) is 75.4 Å². The van der Waals surface area contributed by atoms with Crippen LogP contribution in [0, 0.1) is 0 Å². The Morgan fingerprint density at radius 1 is 1.02 bits per heavy atom. The van der Waals surface area contributed by atoms with E-state index in [4.69, 9.17) is 30.5 Å². The predicted octanol–water partition coefficient (Wildman–Crippen LogP) is 4.69. The third kappa shape index (κ3) is 9.15. The second-order valence-corrected chi connectivity index (χ2v) is 11.8. The molecule has 1 aliphatic heterocycles. The molecule has 5 rings (SSSR count). The molecule has 3 amide bonds. The fraction of sp³-hybridized carbons (Fsp3) is 0.400. The molecular formula is C35H41ClN4O7. The van der Waals surface area contributed by atoms with Gasteiger partial charge >= 0.3 is 6.09 Å². The summed E-state index contributed by atoms with van der Waals surface area (Å²) in [5.74, 6) is 1.14. The number of ether oxygens (including phenoxy) is 4. The van der Waals surface area contributed by atoms with Crippen LogP contribution in [0.1, 0.15) is 36.0 Å². The molecular weight excluding hydrogens is 624 g/mol. The van der Waals surface area contributed by atoms with Gasteiger partial charge in [-0.25, -0.2) is 4.79 Å². The van der Waals surface area contributed by atoms with Crippen molar-refractivity contribution in [3.8, 4) is 11.5 Å². The van der Waals surface area contributed by atoms with E-state index in [1.807, 2.05) is 59.5 Å². The third-order valence-electron chi connectivity index (χ3n) is 8.04. The van der Waals surface area contributed by atoms with Gasteiger partial charge in [-0.15, -0.1) is 0 Å². The first kappa shape index (κ1) is 34.0. The van der Waals surface area contributed by atoms with Gasteiger partial charge in [-0.1, -0.05) is 35.9 Å². The summed E-state index contributed by atoms with van der Waals surface area (Å²) in [6, 6.07) is 19.7. The number of nitrogens with zero attached hydrogens (tertiary/aromatic N) is 2. The number of benzene rings is 3. The quantitative estimate of drug-likeness (QED) is 0.225. The summed E-state index contributed by atoms with van der Waals surface area (Å²) in [5, 5.41) is 6.04. The summed E-state index contributed by atoms with van der Waals surface area (Å²) in [5.41, 5.74) is 3.13. The highest BCUT2D eigenvalue weighted by Gasteiger charge is 2.41. The van der Waals surface area contributed by atoms with E-state index < -0.39 is 12.1 Å². The summed E-state index contributed by atoms with van der Waals surface area (Å²) < 4.78 is 22.2. The Bertz CT molecular complexity index is 1530. The monoisotopic (exact) mass is 664 g/mol. The zero-order valence-corrected chi connectivity index (χ0v) is 27.5. The Morgan fingerprint density at radius 3 is 2.55 bits per heavy atom. The van der Waals surface area contributed by atoms with Crippen molar-refractivity contribution in [1.29, 1.82) is 0 Å². The molecule has 1 saturated carbocycles. The van der Waals surface area contributed by atoms with Gasteiger partial charge in [0.05, 0.1) is 33.5 Å². The smallest absolute Gasteiger partial charge is 0.407 e. The minimum absolute atomic E-state index is 0.0673. The summed E-state index contributed by atoms with van der Waals surface area (Å²) in [6.07, 6.45) is 1.94. The number of hydrogen-bond acceptors (Lipinski definition) is 8. The molecule has 0 spiro atoms. The lowest BCUT2D eigenvalue weighted by Gasteiger charge is -2.38. The van der Waals surface area contributed by atoms with E-state index in [0.717, 1.165) is 35.3 Å². The first-order chi connectivity index (χ1) is 22.9. The van der Waals surface area contributed by atoms with Crippen molar-refractivity contribution in [2.45, 2.75) is 51.1 Å². The molecule has 2 aliphatic rings. The van der Waals surface area contributed by atoms with Gasteiger partial charge in [0, 0.05) is 48.9 Å². The molecule has 2 fully saturated rings. The predicted molar refractivity (Wildman–Crippen MR) is 178 cm³/mol. The fourth-order valence-corrected chi connectivity index (χ4v) is 5.63. The van der Waals surface area contributed by atoms with Crippen LogP contribution < -0.4 is 25.0 Å². The maximum absolute atomic E-state index is 14.1. The number of carbonyl (C=O) groups is 3. The van der Waals surface area contributed by atoms with E-state index in [9.17, 15) is 14.4 Å². The number of carbonyl (C=O) groups excluding carboxylic acids is 3. The van der Waals surface area contributed by atoms with Gasteiger partial charge in [-0.3, -0.25) is 14.5 Å². The lowest BCUT2D eigenvalue weighted by molar-refractivity contribution is -0.136. The van der Waals surface area contributed by atoms with E-state index in [-0.39, 0.29) is 37.6 Å². The molecule has 1 aliphatic carbocycles. The molecule has 0 bridgehead atoms. The summed E-state index contributed by atoms with van der Waals surface area (Å²) in [4.78, 5) is 42.3. The van der Waals surface area contributed by atoms with Crippen molar-refractivity contribution in [3.05, 3.63) is 88.4 Å². The van der Waals surface area contributed by atoms with Crippen molar-refractivity contribution in [1.82, 2.24) is 15.5 Å². The number of anilines is 1. The van der Waals surface area contributed by atoms with Crippen LogP contribution in [-0.2, 0) is 38.8 Å². The highest BCUT2D eigenvalue weighted by molar-refractivity contribution is 6.31. The second-order valence-electron chi connectivity index (χ2n) is 11.4. The Hall–Kier alpha value is -4.32. The molecule has 11 nitrogen and oxygen atoms in total. The van der Waals surface area contributed by atoms with Gasteiger partial charge < -0.3 is 34.5 Å². The van der Waals surface area contributed by atoms with E-state index in [1.54, 1.807) is 24.1 Å². The number of nitrogens with one attached hydrogen (secondary N) is 2. The zero-order valence-electron chi connectivity index (χ0n) is 26.7.